The second-order valence-electron chi connectivity index (χ2n) is 9.45. The van der Waals surface area contributed by atoms with Crippen molar-refractivity contribution >= 4 is 14.3 Å². The fourth-order valence-corrected chi connectivity index (χ4v) is 7.50. The summed E-state index contributed by atoms with van der Waals surface area (Å²) in [6, 6.07) is 2.91. The molecule has 2 fully saturated rings. The average Bonchev–Trinajstić information content (AvgIpc) is 3.19. The molecule has 2 saturated heterocycles. The first kappa shape index (κ1) is 31.3. The fourth-order valence-electron chi connectivity index (χ4n) is 4.66. The van der Waals surface area contributed by atoms with Crippen LogP contribution in [0.15, 0.2) is 12.2 Å². The van der Waals surface area contributed by atoms with Gasteiger partial charge in [0.2, 0.25) is 0 Å². The highest BCUT2D eigenvalue weighted by Gasteiger charge is 2.56. The highest BCUT2D eigenvalue weighted by Crippen LogP contribution is 2.40. The van der Waals surface area contributed by atoms with Crippen molar-refractivity contribution in [1.29, 1.82) is 0 Å². The molecule has 2 aliphatic heterocycles. The van der Waals surface area contributed by atoms with Gasteiger partial charge in [0.15, 0.2) is 14.1 Å². The van der Waals surface area contributed by atoms with Gasteiger partial charge in [-0.05, 0) is 45.0 Å². The molecule has 0 radical (unpaired) electrons. The molecule has 0 aromatic rings. The Kier molecular flexibility index (Phi) is 13.0. The number of hydrogen-bond donors (Lipinski definition) is 0. The molecule has 2 heterocycles. The number of ether oxygens (including phenoxy) is 8. The molecule has 11 heteroatoms. The fraction of sp³-hybridized carbons (Fsp3) is 0.880. The molecule has 0 aromatic heterocycles. The SMILES string of the molecule is CCOC(=O)/C=C/[C@H](OCOC)[C@H](OCOC)[C@@H]1O[C@@H]2COC(C)(C)O[C@@H]2[C@@H]1O[Si](CC)(CC)CC. The van der Waals surface area contributed by atoms with Crippen molar-refractivity contribution in [3.05, 3.63) is 12.2 Å². The maximum Gasteiger partial charge on any atom is 0.330 e. The molecule has 0 N–H and O–H groups in total. The predicted molar refractivity (Wildman–Crippen MR) is 135 cm³/mol. The molecule has 0 amide bonds. The van der Waals surface area contributed by atoms with Crippen molar-refractivity contribution in [2.24, 2.45) is 0 Å². The maximum atomic E-state index is 12.1. The van der Waals surface area contributed by atoms with Crippen LogP contribution in [-0.4, -0.2) is 97.7 Å². The summed E-state index contributed by atoms with van der Waals surface area (Å²) in [5.74, 6) is -1.25. The third kappa shape index (κ3) is 8.30. The molecule has 0 saturated carbocycles. The van der Waals surface area contributed by atoms with Crippen LogP contribution in [0.2, 0.25) is 18.1 Å². The minimum atomic E-state index is -2.08. The van der Waals surface area contributed by atoms with Crippen LogP contribution in [0.4, 0.5) is 0 Å². The smallest absolute Gasteiger partial charge is 0.330 e. The van der Waals surface area contributed by atoms with Gasteiger partial charge in [0.1, 0.15) is 50.2 Å². The van der Waals surface area contributed by atoms with E-state index >= 15 is 0 Å². The van der Waals surface area contributed by atoms with Crippen LogP contribution in [0.1, 0.15) is 41.5 Å². The molecule has 10 nitrogen and oxygen atoms in total. The molecular weight excluding hydrogens is 488 g/mol. The van der Waals surface area contributed by atoms with Gasteiger partial charge in [0.05, 0.1) is 13.2 Å². The monoisotopic (exact) mass is 534 g/mol. The third-order valence-electron chi connectivity index (χ3n) is 6.79. The van der Waals surface area contributed by atoms with E-state index in [0.29, 0.717) is 6.61 Å². The van der Waals surface area contributed by atoms with Gasteiger partial charge in [0, 0.05) is 20.3 Å². The Hall–Kier alpha value is -0.893. The average molecular weight is 535 g/mol. The first-order valence-electron chi connectivity index (χ1n) is 12.9. The molecule has 0 unspecified atom stereocenters. The zero-order chi connectivity index (χ0) is 26.8. The Balaban J connectivity index is 2.47. The normalized spacial score (nSPS) is 27.7. The largest absolute Gasteiger partial charge is 0.463 e. The van der Waals surface area contributed by atoms with Crippen LogP contribution in [0.25, 0.3) is 0 Å². The van der Waals surface area contributed by atoms with Gasteiger partial charge in [-0.25, -0.2) is 4.79 Å². The van der Waals surface area contributed by atoms with Crippen molar-refractivity contribution in [1.82, 2.24) is 0 Å². The Morgan fingerprint density at radius 3 is 2.28 bits per heavy atom. The van der Waals surface area contributed by atoms with Crippen molar-refractivity contribution in [2.75, 3.05) is 41.0 Å². The minimum Gasteiger partial charge on any atom is -0.463 e. The number of methoxy groups -OCH3 is 2. The number of fused-ring (bicyclic) bond motifs is 1. The van der Waals surface area contributed by atoms with E-state index in [0.717, 1.165) is 18.1 Å². The zero-order valence-corrected chi connectivity index (χ0v) is 24.2. The first-order valence-corrected chi connectivity index (χ1v) is 15.4. The summed E-state index contributed by atoms with van der Waals surface area (Å²) in [7, 11) is 0.996. The van der Waals surface area contributed by atoms with Crippen molar-refractivity contribution in [2.45, 2.75) is 102 Å². The van der Waals surface area contributed by atoms with E-state index in [4.69, 9.17) is 42.3 Å². The van der Waals surface area contributed by atoms with E-state index in [9.17, 15) is 4.79 Å². The first-order chi connectivity index (χ1) is 17.2. The van der Waals surface area contributed by atoms with Crippen LogP contribution in [0, 0.1) is 0 Å². The van der Waals surface area contributed by atoms with Gasteiger partial charge < -0.3 is 42.3 Å². The number of esters is 1. The van der Waals surface area contributed by atoms with Gasteiger partial charge in [-0.3, -0.25) is 0 Å². The lowest BCUT2D eigenvalue weighted by atomic mass is 9.99. The molecule has 0 aromatic carbocycles. The molecule has 0 bridgehead atoms. The lowest BCUT2D eigenvalue weighted by Crippen LogP contribution is -2.56. The highest BCUT2D eigenvalue weighted by atomic mass is 28.4. The summed E-state index contributed by atoms with van der Waals surface area (Å²) in [5.41, 5.74) is 0. The summed E-state index contributed by atoms with van der Waals surface area (Å²) in [4.78, 5) is 12.1. The molecule has 36 heavy (non-hydrogen) atoms. The van der Waals surface area contributed by atoms with Gasteiger partial charge in [-0.1, -0.05) is 20.8 Å². The van der Waals surface area contributed by atoms with Crippen molar-refractivity contribution in [3.63, 3.8) is 0 Å². The standard InChI is InChI=1S/C25H46O10Si/c1-9-29-20(26)14-13-18(30-16-27-7)21(31-17-28-8)23-24(35-36(10-2,11-3)12-4)22-19(33-23)15-32-25(5,6)34-22/h13-14,18-19,21-24H,9-12,15-17H2,1-8H3/b14-13+/t18-,19+,21-,22-,23-,24-/m0/s1. The van der Waals surface area contributed by atoms with Crippen molar-refractivity contribution < 1.29 is 47.1 Å². The maximum absolute atomic E-state index is 12.1. The van der Waals surface area contributed by atoms with Crippen molar-refractivity contribution in [3.8, 4) is 0 Å². The Morgan fingerprint density at radius 2 is 1.69 bits per heavy atom. The Morgan fingerprint density at radius 1 is 1.06 bits per heavy atom. The van der Waals surface area contributed by atoms with E-state index in [1.165, 1.54) is 13.2 Å². The Labute approximate surface area is 216 Å². The quantitative estimate of drug-likeness (QED) is 0.127. The summed E-state index contributed by atoms with van der Waals surface area (Å²) < 4.78 is 53.3. The van der Waals surface area contributed by atoms with Crippen LogP contribution in [-0.2, 0) is 47.1 Å². The lowest BCUT2D eigenvalue weighted by Gasteiger charge is -2.42. The van der Waals surface area contributed by atoms with Gasteiger partial charge >= 0.3 is 5.97 Å². The third-order valence-corrected chi connectivity index (χ3v) is 11.4. The summed E-state index contributed by atoms with van der Waals surface area (Å²) in [5, 5.41) is 0. The van der Waals surface area contributed by atoms with Gasteiger partial charge in [-0.2, -0.15) is 0 Å². The molecule has 0 spiro atoms. The minimum absolute atomic E-state index is 0.00652. The topological polar surface area (TPSA) is 100 Å². The number of carbonyl (C=O) groups is 1. The van der Waals surface area contributed by atoms with Gasteiger partial charge in [-0.15, -0.1) is 0 Å². The van der Waals surface area contributed by atoms with E-state index in [1.807, 2.05) is 13.8 Å². The van der Waals surface area contributed by atoms with Crippen LogP contribution in [0.3, 0.4) is 0 Å². The van der Waals surface area contributed by atoms with E-state index < -0.39 is 44.5 Å². The van der Waals surface area contributed by atoms with E-state index in [1.54, 1.807) is 20.1 Å². The number of carbonyl (C=O) groups excluding carboxylic acids is 1. The molecule has 2 aliphatic rings. The molecule has 210 valence electrons. The molecular formula is C25H46O10Si. The van der Waals surface area contributed by atoms with Crippen LogP contribution < -0.4 is 0 Å². The zero-order valence-electron chi connectivity index (χ0n) is 23.2. The lowest BCUT2D eigenvalue weighted by molar-refractivity contribution is -0.299. The highest BCUT2D eigenvalue weighted by molar-refractivity contribution is 6.73. The predicted octanol–water partition coefficient (Wildman–Crippen LogP) is 3.39. The molecule has 6 atom stereocenters. The summed E-state index contributed by atoms with van der Waals surface area (Å²) >= 11 is 0. The van der Waals surface area contributed by atoms with Crippen LogP contribution >= 0.6 is 0 Å². The number of rotatable bonds is 16. The molecule has 0 aliphatic carbocycles. The molecule has 2 rings (SSSR count). The number of hydrogen-bond acceptors (Lipinski definition) is 10. The summed E-state index contributed by atoms with van der Waals surface area (Å²) in [6.07, 6.45) is -0.144. The van der Waals surface area contributed by atoms with Crippen LogP contribution in [0.5, 0.6) is 0 Å². The summed E-state index contributed by atoms with van der Waals surface area (Å²) in [6.45, 7) is 12.7. The van der Waals surface area contributed by atoms with E-state index in [-0.39, 0.29) is 32.4 Å². The van der Waals surface area contributed by atoms with E-state index in [2.05, 4.69) is 20.8 Å². The second kappa shape index (κ2) is 14.9. The second-order valence-corrected chi connectivity index (χ2v) is 14.2. The Bertz CT molecular complexity index is 675. The van der Waals surface area contributed by atoms with Gasteiger partial charge in [0.25, 0.3) is 0 Å².